The minimum absolute atomic E-state index is 0.0480. The minimum atomic E-state index is -0.606. The first kappa shape index (κ1) is 13.8. The van der Waals surface area contributed by atoms with E-state index in [4.69, 9.17) is 5.11 Å². The van der Waals surface area contributed by atoms with Crippen LogP contribution in [0.15, 0.2) is 18.2 Å². The number of nitrogens with one attached hydrogen (secondary N) is 1. The third-order valence-corrected chi connectivity index (χ3v) is 3.75. The number of amides is 1. The molecule has 1 atom stereocenters. The zero-order valence-corrected chi connectivity index (χ0v) is 11.2. The molecular formula is C14H19FN2O2. The summed E-state index contributed by atoms with van der Waals surface area (Å²) >= 11 is 0. The maximum absolute atomic E-state index is 13.3. The summed E-state index contributed by atoms with van der Waals surface area (Å²) in [5.41, 5.74) is 0.431. The lowest BCUT2D eigenvalue weighted by Gasteiger charge is -2.22. The van der Waals surface area contributed by atoms with Crippen molar-refractivity contribution in [3.63, 3.8) is 0 Å². The summed E-state index contributed by atoms with van der Waals surface area (Å²) in [5.74, 6) is -0.891. The number of aromatic hydroxyl groups is 1. The zero-order valence-electron chi connectivity index (χ0n) is 11.2. The largest absolute Gasteiger partial charge is 0.505 e. The number of hydrogen-bond donors (Lipinski definition) is 2. The molecule has 1 saturated heterocycles. The Labute approximate surface area is 112 Å². The molecule has 1 unspecified atom stereocenters. The van der Waals surface area contributed by atoms with Gasteiger partial charge in [-0.2, -0.15) is 0 Å². The fraction of sp³-hybridized carbons (Fsp3) is 0.500. The number of phenols is 1. The Morgan fingerprint density at radius 2 is 2.32 bits per heavy atom. The molecule has 1 aromatic rings. The molecule has 0 saturated carbocycles. The normalized spacial score (nSPS) is 23.5. The third kappa shape index (κ3) is 2.87. The Morgan fingerprint density at radius 3 is 2.95 bits per heavy atom. The number of hydrogen-bond acceptors (Lipinski definition) is 3. The number of carbonyl (C=O) groups is 1. The Hall–Kier alpha value is -1.62. The van der Waals surface area contributed by atoms with Gasteiger partial charge in [0.05, 0.1) is 5.41 Å². The first-order valence-corrected chi connectivity index (χ1v) is 6.36. The molecule has 2 N–H and O–H groups in total. The van der Waals surface area contributed by atoms with E-state index in [1.165, 1.54) is 12.1 Å². The van der Waals surface area contributed by atoms with Crippen molar-refractivity contribution in [2.75, 3.05) is 20.1 Å². The van der Waals surface area contributed by atoms with Crippen LogP contribution in [0, 0.1) is 11.2 Å². The number of likely N-dealkylation sites (tertiary alicyclic amines) is 1. The number of halogens is 1. The van der Waals surface area contributed by atoms with Crippen LogP contribution in [-0.2, 0) is 11.3 Å². The van der Waals surface area contributed by atoms with Crippen molar-refractivity contribution in [1.29, 1.82) is 0 Å². The van der Waals surface area contributed by atoms with Crippen LogP contribution >= 0.6 is 0 Å². The van der Waals surface area contributed by atoms with Gasteiger partial charge in [0.15, 0.2) is 11.6 Å². The van der Waals surface area contributed by atoms with Gasteiger partial charge in [0.1, 0.15) is 0 Å². The summed E-state index contributed by atoms with van der Waals surface area (Å²) in [6.07, 6.45) is 0.799. The van der Waals surface area contributed by atoms with Crippen molar-refractivity contribution in [1.82, 2.24) is 10.2 Å². The molecule has 0 radical (unpaired) electrons. The van der Waals surface area contributed by atoms with E-state index in [0.717, 1.165) is 18.5 Å². The number of carbonyl (C=O) groups excluding carboxylic acids is 1. The van der Waals surface area contributed by atoms with Crippen LogP contribution in [0.25, 0.3) is 0 Å². The number of benzene rings is 1. The van der Waals surface area contributed by atoms with E-state index in [-0.39, 0.29) is 17.1 Å². The fourth-order valence-corrected chi connectivity index (χ4v) is 2.59. The molecule has 0 aromatic heterocycles. The maximum Gasteiger partial charge on any atom is 0.227 e. The van der Waals surface area contributed by atoms with Gasteiger partial charge in [0, 0.05) is 20.1 Å². The lowest BCUT2D eigenvalue weighted by Crippen LogP contribution is -2.39. The van der Waals surface area contributed by atoms with Crippen molar-refractivity contribution in [2.45, 2.75) is 19.9 Å². The van der Waals surface area contributed by atoms with E-state index in [1.54, 1.807) is 13.1 Å². The van der Waals surface area contributed by atoms with Crippen LogP contribution in [0.5, 0.6) is 5.75 Å². The predicted octanol–water partition coefficient (Wildman–Crippen LogP) is 1.49. The highest BCUT2D eigenvalue weighted by Gasteiger charge is 2.39. The molecule has 104 valence electrons. The number of rotatable bonds is 3. The van der Waals surface area contributed by atoms with Crippen molar-refractivity contribution in [3.05, 3.63) is 29.6 Å². The Balaban J connectivity index is 2.02. The van der Waals surface area contributed by atoms with Crippen molar-refractivity contribution in [3.8, 4) is 5.75 Å². The second kappa shape index (κ2) is 5.17. The van der Waals surface area contributed by atoms with E-state index in [0.29, 0.717) is 13.1 Å². The molecule has 5 heteroatoms. The molecule has 0 spiro atoms. The molecule has 0 aliphatic carbocycles. The summed E-state index contributed by atoms with van der Waals surface area (Å²) in [7, 11) is 1.64. The first-order chi connectivity index (χ1) is 8.94. The Bertz CT molecular complexity index is 492. The molecule has 1 fully saturated rings. The minimum Gasteiger partial charge on any atom is -0.505 e. The van der Waals surface area contributed by atoms with Gasteiger partial charge in [-0.15, -0.1) is 0 Å². The van der Waals surface area contributed by atoms with Crippen molar-refractivity contribution < 1.29 is 14.3 Å². The van der Waals surface area contributed by atoms with Crippen LogP contribution < -0.4 is 5.32 Å². The topological polar surface area (TPSA) is 52.6 Å². The van der Waals surface area contributed by atoms with E-state index in [2.05, 4.69) is 10.2 Å². The molecule has 1 aliphatic rings. The van der Waals surface area contributed by atoms with E-state index < -0.39 is 5.82 Å². The Morgan fingerprint density at radius 1 is 1.58 bits per heavy atom. The van der Waals surface area contributed by atoms with Crippen molar-refractivity contribution >= 4 is 5.91 Å². The molecule has 0 bridgehead atoms. The van der Waals surface area contributed by atoms with E-state index in [9.17, 15) is 9.18 Å². The highest BCUT2D eigenvalue weighted by molar-refractivity contribution is 5.82. The standard InChI is InChI=1S/C14H19FN2O2/c1-14(13(19)16-2)5-6-17(9-14)8-10-3-4-12(18)11(15)7-10/h3-4,7,18H,5-6,8-9H2,1-2H3,(H,16,19). The molecule has 1 heterocycles. The van der Waals surface area contributed by atoms with Crippen LogP contribution in [0.1, 0.15) is 18.9 Å². The third-order valence-electron chi connectivity index (χ3n) is 3.75. The van der Waals surface area contributed by atoms with Crippen LogP contribution in [0.3, 0.4) is 0 Å². The molecule has 1 amide bonds. The average Bonchev–Trinajstić information content (AvgIpc) is 2.76. The second-order valence-electron chi connectivity index (χ2n) is 5.39. The van der Waals surface area contributed by atoms with Crippen LogP contribution in [-0.4, -0.2) is 36.1 Å². The van der Waals surface area contributed by atoms with Gasteiger partial charge in [-0.1, -0.05) is 6.07 Å². The quantitative estimate of drug-likeness (QED) is 0.871. The molecule has 1 aromatic carbocycles. The lowest BCUT2D eigenvalue weighted by atomic mass is 9.89. The molecule has 2 rings (SSSR count). The predicted molar refractivity (Wildman–Crippen MR) is 70.1 cm³/mol. The first-order valence-electron chi connectivity index (χ1n) is 6.36. The summed E-state index contributed by atoms with van der Waals surface area (Å²) in [5, 5.41) is 11.8. The summed E-state index contributed by atoms with van der Waals surface area (Å²) < 4.78 is 13.3. The molecule has 19 heavy (non-hydrogen) atoms. The van der Waals surface area contributed by atoms with Gasteiger partial charge >= 0.3 is 0 Å². The van der Waals surface area contributed by atoms with Gasteiger partial charge in [0.25, 0.3) is 0 Å². The summed E-state index contributed by atoms with van der Waals surface area (Å²) in [4.78, 5) is 13.9. The molecular weight excluding hydrogens is 247 g/mol. The van der Waals surface area contributed by atoms with Crippen LogP contribution in [0.2, 0.25) is 0 Å². The monoisotopic (exact) mass is 266 g/mol. The highest BCUT2D eigenvalue weighted by atomic mass is 19.1. The summed E-state index contributed by atoms with van der Waals surface area (Å²) in [6.45, 7) is 4.01. The van der Waals surface area contributed by atoms with Gasteiger partial charge in [-0.3, -0.25) is 9.69 Å². The molecule has 1 aliphatic heterocycles. The second-order valence-corrected chi connectivity index (χ2v) is 5.39. The van der Waals surface area contributed by atoms with Gasteiger partial charge in [-0.25, -0.2) is 4.39 Å². The number of phenolic OH excluding ortho intramolecular Hbond substituents is 1. The lowest BCUT2D eigenvalue weighted by molar-refractivity contribution is -0.129. The van der Waals surface area contributed by atoms with E-state index in [1.807, 2.05) is 6.92 Å². The Kier molecular flexibility index (Phi) is 3.75. The number of nitrogens with zero attached hydrogens (tertiary/aromatic N) is 1. The summed E-state index contributed by atoms with van der Waals surface area (Å²) in [6, 6.07) is 4.40. The average molecular weight is 266 g/mol. The van der Waals surface area contributed by atoms with Gasteiger partial charge < -0.3 is 10.4 Å². The van der Waals surface area contributed by atoms with Gasteiger partial charge in [0.2, 0.25) is 5.91 Å². The fourth-order valence-electron chi connectivity index (χ4n) is 2.59. The smallest absolute Gasteiger partial charge is 0.227 e. The zero-order chi connectivity index (χ0) is 14.0. The van der Waals surface area contributed by atoms with Gasteiger partial charge in [-0.05, 0) is 37.6 Å². The van der Waals surface area contributed by atoms with Crippen LogP contribution in [0.4, 0.5) is 4.39 Å². The highest BCUT2D eigenvalue weighted by Crippen LogP contribution is 2.31. The van der Waals surface area contributed by atoms with Crippen molar-refractivity contribution in [2.24, 2.45) is 5.41 Å². The maximum atomic E-state index is 13.3. The SMILES string of the molecule is CNC(=O)C1(C)CCN(Cc2ccc(O)c(F)c2)C1. The van der Waals surface area contributed by atoms with E-state index >= 15 is 0 Å². The molecule has 4 nitrogen and oxygen atoms in total.